The van der Waals surface area contributed by atoms with Gasteiger partial charge in [-0.15, -0.1) is 22.7 Å². The smallest absolute Gasteiger partial charge is 0.350 e. The lowest BCUT2D eigenvalue weighted by Gasteiger charge is -2.03. The lowest BCUT2D eigenvalue weighted by Crippen LogP contribution is -2.21. The van der Waals surface area contributed by atoms with E-state index in [1.807, 2.05) is 17.5 Å². The fourth-order valence-corrected chi connectivity index (χ4v) is 3.65. The zero-order valence-electron chi connectivity index (χ0n) is 12.9. The minimum atomic E-state index is -0.570. The van der Waals surface area contributed by atoms with Crippen molar-refractivity contribution in [3.05, 3.63) is 39.9 Å². The van der Waals surface area contributed by atoms with Gasteiger partial charge in [0.1, 0.15) is 15.6 Å². The van der Waals surface area contributed by atoms with Crippen LogP contribution in [0.2, 0.25) is 0 Å². The van der Waals surface area contributed by atoms with Crippen LogP contribution in [0.1, 0.15) is 21.1 Å². The largest absolute Gasteiger partial charge is 0.451 e. The lowest BCUT2D eigenvalue weighted by atomic mass is 10.4. The van der Waals surface area contributed by atoms with Crippen LogP contribution in [0.4, 0.5) is 5.82 Å². The second kappa shape index (κ2) is 6.93. The third-order valence-electron chi connectivity index (χ3n) is 2.94. The molecule has 1 amide bonds. The van der Waals surface area contributed by atoms with E-state index in [4.69, 9.17) is 9.26 Å². The number of nitrogens with one attached hydrogen (secondary N) is 1. The second-order valence-corrected chi connectivity index (χ2v) is 6.80. The molecule has 0 atom stereocenters. The van der Waals surface area contributed by atoms with Gasteiger partial charge >= 0.3 is 5.97 Å². The van der Waals surface area contributed by atoms with Crippen molar-refractivity contribution in [2.24, 2.45) is 0 Å². The Morgan fingerprint density at radius 3 is 2.88 bits per heavy atom. The number of anilines is 1. The van der Waals surface area contributed by atoms with Crippen molar-refractivity contribution in [2.75, 3.05) is 11.9 Å². The summed E-state index contributed by atoms with van der Waals surface area (Å²) in [6, 6.07) is 5.43. The van der Waals surface area contributed by atoms with Crippen LogP contribution in [0.3, 0.4) is 0 Å². The van der Waals surface area contributed by atoms with Gasteiger partial charge < -0.3 is 14.6 Å². The number of thiophene rings is 1. The molecule has 9 heteroatoms. The van der Waals surface area contributed by atoms with E-state index in [0.717, 1.165) is 9.88 Å². The molecule has 0 fully saturated rings. The standard InChI is InChI=1S/C15H13N3O4S2/c1-8-6-11(18-22-8)17-12(19)7-21-15(20)13-9(2)16-14(24-13)10-4-3-5-23-10/h3-6H,7H2,1-2H3,(H,17,18,19). The van der Waals surface area contributed by atoms with Gasteiger partial charge in [0, 0.05) is 6.07 Å². The Balaban J connectivity index is 1.60. The number of carbonyl (C=O) groups is 2. The second-order valence-electron chi connectivity index (χ2n) is 4.86. The summed E-state index contributed by atoms with van der Waals surface area (Å²) < 4.78 is 9.88. The van der Waals surface area contributed by atoms with Crippen molar-refractivity contribution in [3.63, 3.8) is 0 Å². The van der Waals surface area contributed by atoms with E-state index in [-0.39, 0.29) is 5.82 Å². The van der Waals surface area contributed by atoms with Gasteiger partial charge in [-0.25, -0.2) is 9.78 Å². The SMILES string of the molecule is Cc1cc(NC(=O)COC(=O)c2sc(-c3cccs3)nc2C)no1. The number of thiazole rings is 1. The van der Waals surface area contributed by atoms with Crippen LogP contribution < -0.4 is 5.32 Å². The van der Waals surface area contributed by atoms with Crippen molar-refractivity contribution in [3.8, 4) is 9.88 Å². The number of aromatic nitrogens is 2. The first kappa shape index (κ1) is 16.3. The van der Waals surface area contributed by atoms with Gasteiger partial charge in [0.05, 0.1) is 10.6 Å². The average Bonchev–Trinajstić information content (AvgIpc) is 3.26. The van der Waals surface area contributed by atoms with Crippen molar-refractivity contribution in [1.82, 2.24) is 10.1 Å². The molecular formula is C15H13N3O4S2. The molecule has 0 aliphatic heterocycles. The van der Waals surface area contributed by atoms with Gasteiger partial charge in [-0.2, -0.15) is 0 Å². The van der Waals surface area contributed by atoms with E-state index in [9.17, 15) is 9.59 Å². The summed E-state index contributed by atoms with van der Waals surface area (Å²) in [5.41, 5.74) is 0.584. The zero-order valence-corrected chi connectivity index (χ0v) is 14.5. The van der Waals surface area contributed by atoms with Gasteiger partial charge in [0.15, 0.2) is 12.4 Å². The van der Waals surface area contributed by atoms with Crippen molar-refractivity contribution >= 4 is 40.4 Å². The summed E-state index contributed by atoms with van der Waals surface area (Å²) in [7, 11) is 0. The summed E-state index contributed by atoms with van der Waals surface area (Å²) in [5.74, 6) is -0.206. The molecule has 0 aliphatic rings. The number of hydrogen-bond donors (Lipinski definition) is 1. The van der Waals surface area contributed by atoms with E-state index >= 15 is 0 Å². The molecule has 0 saturated carbocycles. The van der Waals surface area contributed by atoms with Crippen LogP contribution in [-0.2, 0) is 9.53 Å². The van der Waals surface area contributed by atoms with Crippen LogP contribution in [0, 0.1) is 13.8 Å². The quantitative estimate of drug-likeness (QED) is 0.699. The minimum Gasteiger partial charge on any atom is -0.451 e. The Morgan fingerprint density at radius 2 is 2.21 bits per heavy atom. The first-order valence-corrected chi connectivity index (χ1v) is 8.64. The molecular weight excluding hydrogens is 350 g/mol. The van der Waals surface area contributed by atoms with Crippen LogP contribution in [-0.4, -0.2) is 28.6 Å². The minimum absolute atomic E-state index is 0.280. The third kappa shape index (κ3) is 3.69. The molecule has 124 valence electrons. The summed E-state index contributed by atoms with van der Waals surface area (Å²) in [5, 5.41) is 8.82. The molecule has 0 saturated heterocycles. The highest BCUT2D eigenvalue weighted by Crippen LogP contribution is 2.31. The molecule has 0 radical (unpaired) electrons. The fraction of sp³-hybridized carbons (Fsp3) is 0.200. The highest BCUT2D eigenvalue weighted by molar-refractivity contribution is 7.22. The maximum Gasteiger partial charge on any atom is 0.350 e. The van der Waals surface area contributed by atoms with E-state index in [1.165, 1.54) is 11.3 Å². The third-order valence-corrected chi connectivity index (χ3v) is 5.12. The van der Waals surface area contributed by atoms with Crippen LogP contribution >= 0.6 is 22.7 Å². The lowest BCUT2D eigenvalue weighted by molar-refractivity contribution is -0.119. The maximum absolute atomic E-state index is 12.1. The fourth-order valence-electron chi connectivity index (χ4n) is 1.89. The number of esters is 1. The number of amides is 1. The molecule has 0 unspecified atom stereocenters. The van der Waals surface area contributed by atoms with E-state index in [0.29, 0.717) is 16.3 Å². The van der Waals surface area contributed by atoms with Crippen LogP contribution in [0.5, 0.6) is 0 Å². The molecule has 3 aromatic rings. The first-order chi connectivity index (χ1) is 11.5. The van der Waals surface area contributed by atoms with Crippen LogP contribution in [0.15, 0.2) is 28.1 Å². The van der Waals surface area contributed by atoms with E-state index in [2.05, 4.69) is 15.5 Å². The van der Waals surface area contributed by atoms with Crippen LogP contribution in [0.25, 0.3) is 9.88 Å². The summed E-state index contributed by atoms with van der Waals surface area (Å²) in [6.07, 6.45) is 0. The predicted octanol–water partition coefficient (Wildman–Crippen LogP) is 3.27. The molecule has 24 heavy (non-hydrogen) atoms. The zero-order chi connectivity index (χ0) is 17.1. The number of hydrogen-bond acceptors (Lipinski definition) is 8. The molecule has 1 N–H and O–H groups in total. The normalized spacial score (nSPS) is 10.6. The molecule has 3 aromatic heterocycles. The molecule has 3 rings (SSSR count). The molecule has 0 aliphatic carbocycles. The number of ether oxygens (including phenoxy) is 1. The Morgan fingerprint density at radius 1 is 1.38 bits per heavy atom. The Bertz CT molecular complexity index is 867. The number of nitrogens with zero attached hydrogens (tertiary/aromatic N) is 2. The maximum atomic E-state index is 12.1. The molecule has 0 spiro atoms. The summed E-state index contributed by atoms with van der Waals surface area (Å²) in [6.45, 7) is 3.04. The molecule has 7 nitrogen and oxygen atoms in total. The predicted molar refractivity (Wildman–Crippen MR) is 90.3 cm³/mol. The molecule has 0 aromatic carbocycles. The van der Waals surface area contributed by atoms with Crippen molar-refractivity contribution < 1.29 is 18.8 Å². The average molecular weight is 363 g/mol. The van der Waals surface area contributed by atoms with Gasteiger partial charge in [-0.05, 0) is 25.3 Å². The Labute approximate surface area is 145 Å². The highest BCUT2D eigenvalue weighted by Gasteiger charge is 2.19. The van der Waals surface area contributed by atoms with E-state index < -0.39 is 18.5 Å². The van der Waals surface area contributed by atoms with Gasteiger partial charge in [0.2, 0.25) is 0 Å². The van der Waals surface area contributed by atoms with Gasteiger partial charge in [-0.1, -0.05) is 11.2 Å². The van der Waals surface area contributed by atoms with Gasteiger partial charge in [-0.3, -0.25) is 4.79 Å². The number of carbonyl (C=O) groups excluding carboxylic acids is 2. The first-order valence-electron chi connectivity index (χ1n) is 6.94. The molecule has 3 heterocycles. The summed E-state index contributed by atoms with van der Waals surface area (Å²) >= 11 is 2.80. The molecule has 0 bridgehead atoms. The highest BCUT2D eigenvalue weighted by atomic mass is 32.1. The van der Waals surface area contributed by atoms with Crippen molar-refractivity contribution in [2.45, 2.75) is 13.8 Å². The summed E-state index contributed by atoms with van der Waals surface area (Å²) in [4.78, 5) is 29.7. The Hall–Kier alpha value is -2.52. The number of rotatable bonds is 5. The van der Waals surface area contributed by atoms with Gasteiger partial charge in [0.25, 0.3) is 5.91 Å². The topological polar surface area (TPSA) is 94.3 Å². The van der Waals surface area contributed by atoms with E-state index in [1.54, 1.807) is 31.3 Å². The van der Waals surface area contributed by atoms with Crippen molar-refractivity contribution in [1.29, 1.82) is 0 Å². The Kier molecular flexibility index (Phi) is 4.72. The number of aryl methyl sites for hydroxylation is 2. The monoisotopic (exact) mass is 363 g/mol.